The van der Waals surface area contributed by atoms with Crippen LogP contribution in [0.4, 0.5) is 0 Å². The lowest BCUT2D eigenvalue weighted by Crippen LogP contribution is -2.47. The van der Waals surface area contributed by atoms with Crippen LogP contribution in [0.15, 0.2) is 0 Å². The molecule has 0 radical (unpaired) electrons. The van der Waals surface area contributed by atoms with Crippen LogP contribution in [0.1, 0.15) is 66.2 Å². The average Bonchev–Trinajstić information content (AvgIpc) is 2.03. The molecule has 0 atom stereocenters. The van der Waals surface area contributed by atoms with Crippen molar-refractivity contribution < 1.29 is 4.79 Å². The van der Waals surface area contributed by atoms with Gasteiger partial charge in [-0.25, -0.2) is 0 Å². The second-order valence-corrected chi connectivity index (χ2v) is 4.21. The van der Waals surface area contributed by atoms with E-state index >= 15 is 0 Å². The molecule has 0 heterocycles. The molecule has 0 bridgehead atoms. The van der Waals surface area contributed by atoms with E-state index in [4.69, 9.17) is 0 Å². The Balaban J connectivity index is 4.45. The van der Waals surface area contributed by atoms with Gasteiger partial charge in [0.2, 0.25) is 5.91 Å². The molecule has 14 heavy (non-hydrogen) atoms. The van der Waals surface area contributed by atoms with Crippen molar-refractivity contribution in [3.05, 3.63) is 0 Å². The van der Waals surface area contributed by atoms with Gasteiger partial charge >= 0.3 is 0 Å². The van der Waals surface area contributed by atoms with E-state index in [-0.39, 0.29) is 11.4 Å². The Morgan fingerprint density at radius 3 is 1.57 bits per heavy atom. The molecule has 2 nitrogen and oxygen atoms in total. The summed E-state index contributed by atoms with van der Waals surface area (Å²) in [5.74, 6) is 0.111. The summed E-state index contributed by atoms with van der Waals surface area (Å²) < 4.78 is 0. The molecule has 0 unspecified atom stereocenters. The molecular formula is C12H25NO. The maximum Gasteiger partial charge on any atom is 0.217 e. The van der Waals surface area contributed by atoms with Gasteiger partial charge in [-0.05, 0) is 19.3 Å². The number of nitrogens with one attached hydrogen (secondary N) is 1. The van der Waals surface area contributed by atoms with Crippen molar-refractivity contribution >= 4 is 5.91 Å². The van der Waals surface area contributed by atoms with Gasteiger partial charge in [0.1, 0.15) is 0 Å². The van der Waals surface area contributed by atoms with Gasteiger partial charge in [0.15, 0.2) is 0 Å². The van der Waals surface area contributed by atoms with Crippen LogP contribution < -0.4 is 5.32 Å². The fourth-order valence-corrected chi connectivity index (χ4v) is 2.37. The van der Waals surface area contributed by atoms with Gasteiger partial charge in [0.05, 0.1) is 0 Å². The van der Waals surface area contributed by atoms with Gasteiger partial charge in [-0.3, -0.25) is 4.79 Å². The van der Waals surface area contributed by atoms with E-state index in [9.17, 15) is 4.79 Å². The number of carbonyl (C=O) groups excluding carboxylic acids is 1. The van der Waals surface area contributed by atoms with Gasteiger partial charge in [0, 0.05) is 12.5 Å². The molecule has 0 rings (SSSR count). The van der Waals surface area contributed by atoms with Gasteiger partial charge in [-0.2, -0.15) is 0 Å². The summed E-state index contributed by atoms with van der Waals surface area (Å²) in [4.78, 5) is 11.2. The molecule has 2 heteroatoms. The summed E-state index contributed by atoms with van der Waals surface area (Å²) in [6.45, 7) is 8.17. The van der Waals surface area contributed by atoms with E-state index in [0.717, 1.165) is 38.5 Å². The van der Waals surface area contributed by atoms with Crippen LogP contribution in [0.3, 0.4) is 0 Å². The SMILES string of the molecule is CCCC(CCC)(CCC)NC(C)=O. The highest BCUT2D eigenvalue weighted by molar-refractivity contribution is 5.73. The third kappa shape index (κ3) is 4.64. The quantitative estimate of drug-likeness (QED) is 0.670. The van der Waals surface area contributed by atoms with Crippen molar-refractivity contribution in [2.75, 3.05) is 0 Å². The summed E-state index contributed by atoms with van der Waals surface area (Å²) in [5, 5.41) is 3.16. The second kappa shape index (κ2) is 6.86. The summed E-state index contributed by atoms with van der Waals surface area (Å²) in [7, 11) is 0. The molecule has 0 aromatic heterocycles. The Labute approximate surface area is 88.5 Å². The van der Waals surface area contributed by atoms with Gasteiger partial charge < -0.3 is 5.32 Å². The molecule has 0 aliphatic rings. The van der Waals surface area contributed by atoms with Gasteiger partial charge in [-0.15, -0.1) is 0 Å². The Bertz CT molecular complexity index is 149. The van der Waals surface area contributed by atoms with Crippen LogP contribution in [0.2, 0.25) is 0 Å². The van der Waals surface area contributed by atoms with E-state index in [1.165, 1.54) is 0 Å². The molecule has 0 spiro atoms. The van der Waals surface area contributed by atoms with Gasteiger partial charge in [-0.1, -0.05) is 40.0 Å². The molecule has 84 valence electrons. The van der Waals surface area contributed by atoms with E-state index in [1.807, 2.05) is 0 Å². The summed E-state index contributed by atoms with van der Waals surface area (Å²) in [6.07, 6.45) is 6.73. The van der Waals surface area contributed by atoms with Crippen LogP contribution in [0.5, 0.6) is 0 Å². The molecule has 0 aliphatic heterocycles. The van der Waals surface area contributed by atoms with Crippen molar-refractivity contribution in [3.63, 3.8) is 0 Å². The highest BCUT2D eigenvalue weighted by atomic mass is 16.1. The number of hydrogen-bond donors (Lipinski definition) is 1. The van der Waals surface area contributed by atoms with Crippen LogP contribution in [0, 0.1) is 0 Å². The van der Waals surface area contributed by atoms with Gasteiger partial charge in [0.25, 0.3) is 0 Å². The van der Waals surface area contributed by atoms with Crippen molar-refractivity contribution in [2.45, 2.75) is 71.8 Å². The topological polar surface area (TPSA) is 29.1 Å². The maximum absolute atomic E-state index is 11.2. The van der Waals surface area contributed by atoms with Crippen molar-refractivity contribution in [1.29, 1.82) is 0 Å². The molecule has 0 fully saturated rings. The molecular weight excluding hydrogens is 174 g/mol. The first-order valence-electron chi connectivity index (χ1n) is 5.89. The minimum absolute atomic E-state index is 0.0735. The van der Waals surface area contributed by atoms with Crippen molar-refractivity contribution in [1.82, 2.24) is 5.32 Å². The third-order valence-corrected chi connectivity index (χ3v) is 2.63. The van der Waals surface area contributed by atoms with Crippen LogP contribution in [-0.4, -0.2) is 11.4 Å². The van der Waals surface area contributed by atoms with E-state index in [2.05, 4.69) is 26.1 Å². The summed E-state index contributed by atoms with van der Waals surface area (Å²) >= 11 is 0. The van der Waals surface area contributed by atoms with E-state index in [0.29, 0.717) is 0 Å². The first-order valence-corrected chi connectivity index (χ1v) is 5.89. The highest BCUT2D eigenvalue weighted by Crippen LogP contribution is 2.25. The lowest BCUT2D eigenvalue weighted by molar-refractivity contribution is -0.121. The fourth-order valence-electron chi connectivity index (χ4n) is 2.37. The number of rotatable bonds is 7. The van der Waals surface area contributed by atoms with Crippen molar-refractivity contribution in [3.8, 4) is 0 Å². The minimum atomic E-state index is 0.0735. The molecule has 0 aliphatic carbocycles. The maximum atomic E-state index is 11.2. The molecule has 0 saturated carbocycles. The normalized spacial score (nSPS) is 11.4. The monoisotopic (exact) mass is 199 g/mol. The van der Waals surface area contributed by atoms with E-state index < -0.39 is 0 Å². The van der Waals surface area contributed by atoms with E-state index in [1.54, 1.807) is 6.92 Å². The predicted molar refractivity (Wildman–Crippen MR) is 61.3 cm³/mol. The molecule has 0 aromatic rings. The average molecular weight is 199 g/mol. The lowest BCUT2D eigenvalue weighted by Gasteiger charge is -2.34. The standard InChI is InChI=1S/C12H25NO/c1-5-8-12(9-6-2,10-7-3)13-11(4)14/h5-10H2,1-4H3,(H,13,14). The first-order chi connectivity index (χ1) is 6.60. The first kappa shape index (κ1) is 13.5. The minimum Gasteiger partial charge on any atom is -0.351 e. The zero-order valence-electron chi connectivity index (χ0n) is 10.2. The molecule has 1 amide bonds. The smallest absolute Gasteiger partial charge is 0.217 e. The third-order valence-electron chi connectivity index (χ3n) is 2.63. The van der Waals surface area contributed by atoms with Crippen molar-refractivity contribution in [2.24, 2.45) is 0 Å². The predicted octanol–water partition coefficient (Wildman–Crippen LogP) is 3.26. The fraction of sp³-hybridized carbons (Fsp3) is 0.917. The van der Waals surface area contributed by atoms with Crippen LogP contribution in [-0.2, 0) is 4.79 Å². The summed E-state index contributed by atoms with van der Waals surface area (Å²) in [6, 6.07) is 0. The van der Waals surface area contributed by atoms with Crippen LogP contribution >= 0.6 is 0 Å². The number of carbonyl (C=O) groups is 1. The zero-order valence-corrected chi connectivity index (χ0v) is 10.2. The largest absolute Gasteiger partial charge is 0.351 e. The second-order valence-electron chi connectivity index (χ2n) is 4.21. The highest BCUT2D eigenvalue weighted by Gasteiger charge is 2.27. The number of hydrogen-bond acceptors (Lipinski definition) is 1. The Morgan fingerprint density at radius 1 is 1.00 bits per heavy atom. The van der Waals surface area contributed by atoms with Crippen LogP contribution in [0.25, 0.3) is 0 Å². The Morgan fingerprint density at radius 2 is 1.36 bits per heavy atom. The number of amides is 1. The summed E-state index contributed by atoms with van der Waals surface area (Å²) in [5.41, 5.74) is 0.0735. The zero-order chi connectivity index (χ0) is 11.0. The molecule has 1 N–H and O–H groups in total. The Kier molecular flexibility index (Phi) is 6.60. The molecule has 0 aromatic carbocycles. The lowest BCUT2D eigenvalue weighted by atomic mass is 9.84. The molecule has 0 saturated heterocycles. The Hall–Kier alpha value is -0.530.